The molecule has 2 bridgehead atoms. The van der Waals surface area contributed by atoms with Crippen molar-refractivity contribution in [1.82, 2.24) is 4.90 Å². The van der Waals surface area contributed by atoms with Crippen molar-refractivity contribution in [2.24, 2.45) is 5.92 Å². The molecule has 1 aliphatic carbocycles. The smallest absolute Gasteiger partial charge is 0.251 e. The van der Waals surface area contributed by atoms with E-state index in [-0.39, 0.29) is 17.4 Å². The van der Waals surface area contributed by atoms with Crippen LogP contribution < -0.4 is 0 Å². The Morgan fingerprint density at radius 3 is 2.95 bits per heavy atom. The highest BCUT2D eigenvalue weighted by Crippen LogP contribution is 2.48. The minimum Gasteiger partial charge on any atom is -0.368 e. The fraction of sp³-hybridized carbons (Fsp3) is 0.632. The molecule has 3 unspecified atom stereocenters. The summed E-state index contributed by atoms with van der Waals surface area (Å²) in [6, 6.07) is 9.14. The predicted octanol–water partition coefficient (Wildman–Crippen LogP) is 2.92. The topological polar surface area (TPSA) is 29.5 Å². The largest absolute Gasteiger partial charge is 0.368 e. The molecule has 1 aromatic rings. The molecule has 2 saturated heterocycles. The molecular formula is C19H25NO2. The van der Waals surface area contributed by atoms with Gasteiger partial charge >= 0.3 is 0 Å². The minimum absolute atomic E-state index is 0.186. The average molecular weight is 299 g/mol. The molecule has 3 heteroatoms. The Morgan fingerprint density at radius 1 is 1.36 bits per heavy atom. The number of amides is 1. The first-order valence-electron chi connectivity index (χ1n) is 8.62. The second-order valence-electron chi connectivity index (χ2n) is 7.42. The monoisotopic (exact) mass is 299 g/mol. The fourth-order valence-corrected chi connectivity index (χ4v) is 4.82. The lowest BCUT2D eigenvalue weighted by atomic mass is 9.59. The van der Waals surface area contributed by atoms with E-state index in [9.17, 15) is 4.79 Å². The number of ether oxygens (including phenoxy) is 1. The molecule has 0 spiro atoms. The van der Waals surface area contributed by atoms with Crippen LogP contribution in [0.4, 0.5) is 0 Å². The van der Waals surface area contributed by atoms with Gasteiger partial charge in [0, 0.05) is 19.2 Å². The normalized spacial score (nSPS) is 37.0. The van der Waals surface area contributed by atoms with E-state index in [2.05, 4.69) is 43.0 Å². The molecule has 3 nitrogen and oxygen atoms in total. The van der Waals surface area contributed by atoms with E-state index in [0.717, 1.165) is 38.8 Å². The van der Waals surface area contributed by atoms with Crippen LogP contribution in [0.15, 0.2) is 24.3 Å². The number of piperidine rings is 1. The molecule has 2 fully saturated rings. The summed E-state index contributed by atoms with van der Waals surface area (Å²) in [5.41, 5.74) is 3.13. The number of fused-ring (bicyclic) bond motifs is 4. The third-order valence-electron chi connectivity index (χ3n) is 6.40. The molecule has 118 valence electrons. The van der Waals surface area contributed by atoms with Crippen molar-refractivity contribution in [1.29, 1.82) is 0 Å². The molecule has 0 radical (unpaired) electrons. The van der Waals surface area contributed by atoms with Crippen LogP contribution in [0.25, 0.3) is 0 Å². The number of hydrogen-bond acceptors (Lipinski definition) is 2. The Bertz CT molecular complexity index is 593. The zero-order valence-electron chi connectivity index (χ0n) is 13.5. The number of benzene rings is 1. The second kappa shape index (κ2) is 5.09. The lowest BCUT2D eigenvalue weighted by molar-refractivity contribution is -0.148. The molecule has 0 N–H and O–H groups in total. The Labute approximate surface area is 132 Å². The van der Waals surface area contributed by atoms with Crippen molar-refractivity contribution < 1.29 is 9.53 Å². The summed E-state index contributed by atoms with van der Waals surface area (Å²) in [5.74, 6) is 0.734. The molecule has 22 heavy (non-hydrogen) atoms. The Morgan fingerprint density at radius 2 is 2.18 bits per heavy atom. The SMILES string of the molecule is CC1C2Cc3ccccc3[C@@]1(C)CCN2C(=O)C1CCCO1. The zero-order chi connectivity index (χ0) is 15.3. The summed E-state index contributed by atoms with van der Waals surface area (Å²) in [7, 11) is 0. The van der Waals surface area contributed by atoms with Crippen molar-refractivity contribution in [3.05, 3.63) is 35.4 Å². The van der Waals surface area contributed by atoms with Crippen LogP contribution in [-0.2, 0) is 21.4 Å². The zero-order valence-corrected chi connectivity index (χ0v) is 13.5. The third kappa shape index (κ3) is 1.95. The van der Waals surface area contributed by atoms with Crippen molar-refractivity contribution in [2.45, 2.75) is 57.1 Å². The molecule has 0 saturated carbocycles. The number of nitrogens with zero attached hydrogens (tertiary/aromatic N) is 1. The quantitative estimate of drug-likeness (QED) is 0.798. The van der Waals surface area contributed by atoms with Gasteiger partial charge in [0.05, 0.1) is 0 Å². The van der Waals surface area contributed by atoms with E-state index in [0.29, 0.717) is 12.0 Å². The van der Waals surface area contributed by atoms with Gasteiger partial charge in [0.25, 0.3) is 5.91 Å². The van der Waals surface area contributed by atoms with E-state index in [1.807, 2.05) is 0 Å². The third-order valence-corrected chi connectivity index (χ3v) is 6.40. The van der Waals surface area contributed by atoms with Gasteiger partial charge in [-0.2, -0.15) is 0 Å². The van der Waals surface area contributed by atoms with E-state index in [1.165, 1.54) is 11.1 Å². The molecule has 1 aromatic carbocycles. The van der Waals surface area contributed by atoms with Crippen molar-refractivity contribution in [3.8, 4) is 0 Å². The second-order valence-corrected chi connectivity index (χ2v) is 7.42. The molecule has 4 rings (SSSR count). The van der Waals surface area contributed by atoms with Crippen molar-refractivity contribution in [2.75, 3.05) is 13.2 Å². The Kier molecular flexibility index (Phi) is 3.30. The first-order chi connectivity index (χ1) is 10.6. The van der Waals surface area contributed by atoms with Gasteiger partial charge in [-0.25, -0.2) is 0 Å². The summed E-state index contributed by atoms with van der Waals surface area (Å²) in [6.45, 7) is 6.33. The fourth-order valence-electron chi connectivity index (χ4n) is 4.82. The van der Waals surface area contributed by atoms with Gasteiger partial charge in [-0.15, -0.1) is 0 Å². The molecule has 1 amide bonds. The number of carbonyl (C=O) groups excluding carboxylic acids is 1. The van der Waals surface area contributed by atoms with Gasteiger partial charge in [0.15, 0.2) is 0 Å². The number of carbonyl (C=O) groups is 1. The Hall–Kier alpha value is -1.35. The van der Waals surface area contributed by atoms with E-state index < -0.39 is 0 Å². The van der Waals surface area contributed by atoms with Gasteiger partial charge in [0.1, 0.15) is 6.10 Å². The van der Waals surface area contributed by atoms with Crippen molar-refractivity contribution in [3.63, 3.8) is 0 Å². The molecular weight excluding hydrogens is 274 g/mol. The van der Waals surface area contributed by atoms with Gasteiger partial charge in [-0.1, -0.05) is 38.1 Å². The first kappa shape index (κ1) is 14.3. The number of hydrogen-bond donors (Lipinski definition) is 0. The van der Waals surface area contributed by atoms with Gasteiger partial charge in [-0.05, 0) is 48.1 Å². The predicted molar refractivity (Wildman–Crippen MR) is 85.8 cm³/mol. The number of likely N-dealkylation sites (tertiary alicyclic amines) is 1. The van der Waals surface area contributed by atoms with E-state index in [4.69, 9.17) is 4.74 Å². The van der Waals surface area contributed by atoms with E-state index >= 15 is 0 Å². The van der Waals surface area contributed by atoms with Crippen LogP contribution in [-0.4, -0.2) is 36.1 Å². The van der Waals surface area contributed by atoms with Crippen LogP contribution in [0.3, 0.4) is 0 Å². The molecule has 0 aromatic heterocycles. The van der Waals surface area contributed by atoms with Crippen LogP contribution in [0, 0.1) is 5.92 Å². The van der Waals surface area contributed by atoms with Crippen molar-refractivity contribution >= 4 is 5.91 Å². The van der Waals surface area contributed by atoms with Crippen LogP contribution in [0.1, 0.15) is 44.2 Å². The summed E-state index contributed by atoms with van der Waals surface area (Å²) < 4.78 is 5.64. The maximum atomic E-state index is 12.9. The summed E-state index contributed by atoms with van der Waals surface area (Å²) in [5, 5.41) is 0. The highest BCUT2D eigenvalue weighted by molar-refractivity contribution is 5.82. The molecule has 4 atom stereocenters. The molecule has 2 heterocycles. The lowest BCUT2D eigenvalue weighted by Gasteiger charge is -2.54. The van der Waals surface area contributed by atoms with Crippen LogP contribution in [0.5, 0.6) is 0 Å². The average Bonchev–Trinajstić information content (AvgIpc) is 3.05. The summed E-state index contributed by atoms with van der Waals surface area (Å²) in [6.07, 6.45) is 3.77. The van der Waals surface area contributed by atoms with Crippen LogP contribution in [0.2, 0.25) is 0 Å². The highest BCUT2D eigenvalue weighted by Gasteiger charge is 2.50. The Balaban J connectivity index is 1.67. The molecule has 2 aliphatic heterocycles. The molecule has 3 aliphatic rings. The summed E-state index contributed by atoms with van der Waals surface area (Å²) in [4.78, 5) is 15.0. The van der Waals surface area contributed by atoms with Crippen LogP contribution >= 0.6 is 0 Å². The number of rotatable bonds is 1. The lowest BCUT2D eigenvalue weighted by Crippen LogP contribution is -2.61. The van der Waals surface area contributed by atoms with Gasteiger partial charge < -0.3 is 9.64 Å². The standard InChI is InChI=1S/C19H25NO2/c1-13-16-12-14-6-3-4-7-15(14)19(13,2)9-10-20(16)18(21)17-8-5-11-22-17/h3-4,6-7,13,16-17H,5,8-12H2,1-2H3/t13?,16?,17?,19-/m0/s1. The maximum Gasteiger partial charge on any atom is 0.251 e. The van der Waals surface area contributed by atoms with Gasteiger partial charge in [0.2, 0.25) is 0 Å². The van der Waals surface area contributed by atoms with Gasteiger partial charge in [-0.3, -0.25) is 4.79 Å². The first-order valence-corrected chi connectivity index (χ1v) is 8.62. The highest BCUT2D eigenvalue weighted by atomic mass is 16.5. The summed E-state index contributed by atoms with van der Waals surface area (Å²) >= 11 is 0. The maximum absolute atomic E-state index is 12.9. The minimum atomic E-state index is -0.186. The van der Waals surface area contributed by atoms with E-state index in [1.54, 1.807) is 0 Å².